The van der Waals surface area contributed by atoms with E-state index in [-0.39, 0.29) is 0 Å². The average molecular weight is 126 g/mol. The number of hydrogen-bond donors (Lipinski definition) is 0. The maximum Gasteiger partial charge on any atom is 0.260 e. The molecule has 1 aliphatic heterocycles. The van der Waals surface area contributed by atoms with Crippen LogP contribution in [0.2, 0.25) is 0 Å². The van der Waals surface area contributed by atoms with E-state index < -0.39 is 0 Å². The molecule has 0 aromatic heterocycles. The monoisotopic (exact) mass is 126 g/mol. The van der Waals surface area contributed by atoms with Gasteiger partial charge in [0, 0.05) is 12.0 Å². The molecule has 3 heteroatoms. The molecule has 8 heavy (non-hydrogen) atoms. The van der Waals surface area contributed by atoms with E-state index in [0.29, 0.717) is 5.04 Å². The van der Waals surface area contributed by atoms with Crippen molar-refractivity contribution in [2.45, 2.75) is 0 Å². The Morgan fingerprint density at radius 3 is 3.12 bits per heavy atom. The minimum atomic E-state index is 0.451. The molecule has 0 aliphatic carbocycles. The van der Waals surface area contributed by atoms with Crippen molar-refractivity contribution in [3.8, 4) is 0 Å². The van der Waals surface area contributed by atoms with Gasteiger partial charge in [-0.2, -0.15) is 0 Å². The first kappa shape index (κ1) is 5.56. The molecule has 0 amide bonds. The fourth-order valence-corrected chi connectivity index (χ4v) is 0.918. The van der Waals surface area contributed by atoms with E-state index in [2.05, 4.69) is 4.99 Å². The summed E-state index contributed by atoms with van der Waals surface area (Å²) in [6.45, 7) is 0. The van der Waals surface area contributed by atoms with Gasteiger partial charge in [-0.1, -0.05) is 17.8 Å². The molecule has 0 spiro atoms. The van der Waals surface area contributed by atoms with E-state index in [1.54, 1.807) is 12.5 Å². The van der Waals surface area contributed by atoms with Crippen LogP contribution in [0.25, 0.3) is 0 Å². The maximum atomic E-state index is 9.85. The Labute approximate surface area is 51.7 Å². The molecule has 0 fully saturated rings. The molecule has 0 N–H and O–H groups in total. The second kappa shape index (κ2) is 2.67. The van der Waals surface area contributed by atoms with Crippen LogP contribution in [-0.4, -0.2) is 17.1 Å². The highest BCUT2D eigenvalue weighted by atomic mass is 32.2. The largest absolute Gasteiger partial charge is 0.282 e. The minimum Gasteiger partial charge on any atom is -0.282 e. The number of rotatable bonds is 1. The van der Waals surface area contributed by atoms with Crippen molar-refractivity contribution in [3.05, 3.63) is 12.3 Å². The Morgan fingerprint density at radius 1 is 1.88 bits per heavy atom. The normalized spacial score (nSPS) is 17.8. The van der Waals surface area contributed by atoms with Crippen molar-refractivity contribution >= 4 is 23.1 Å². The Hall–Kier alpha value is -0.570. The molecule has 2 nitrogen and oxygen atoms in total. The molecule has 0 aromatic rings. The van der Waals surface area contributed by atoms with Crippen LogP contribution >= 0.6 is 11.8 Å². The lowest BCUT2D eigenvalue weighted by atomic mass is 10.7. The number of thioether (sulfide) groups is 1. The smallest absolute Gasteiger partial charge is 0.260 e. The molecule has 0 saturated heterocycles. The summed E-state index contributed by atoms with van der Waals surface area (Å²) in [5.74, 6) is 0.841. The SMILES string of the molecule is O=[C]C1=NC=CCS1. The number of hydrogen-bond acceptors (Lipinski definition) is 3. The van der Waals surface area contributed by atoms with Gasteiger partial charge in [0.25, 0.3) is 6.29 Å². The zero-order valence-electron chi connectivity index (χ0n) is 4.13. The van der Waals surface area contributed by atoms with E-state index >= 15 is 0 Å². The van der Waals surface area contributed by atoms with Crippen LogP contribution in [0.5, 0.6) is 0 Å². The Balaban J connectivity index is 2.63. The van der Waals surface area contributed by atoms with E-state index in [1.807, 2.05) is 6.08 Å². The van der Waals surface area contributed by atoms with Gasteiger partial charge in [-0.3, -0.25) is 4.79 Å². The summed E-state index contributed by atoms with van der Waals surface area (Å²) < 4.78 is 0. The summed E-state index contributed by atoms with van der Waals surface area (Å²) in [4.78, 5) is 13.6. The summed E-state index contributed by atoms with van der Waals surface area (Å²) in [7, 11) is 0. The fourth-order valence-electron chi connectivity index (χ4n) is 0.384. The Kier molecular flexibility index (Phi) is 1.86. The van der Waals surface area contributed by atoms with Gasteiger partial charge in [-0.05, 0) is 0 Å². The summed E-state index contributed by atoms with van der Waals surface area (Å²) >= 11 is 1.40. The van der Waals surface area contributed by atoms with E-state index in [9.17, 15) is 4.79 Å². The predicted molar refractivity (Wildman–Crippen MR) is 34.7 cm³/mol. The molecule has 1 rings (SSSR count). The van der Waals surface area contributed by atoms with Crippen LogP contribution < -0.4 is 0 Å². The van der Waals surface area contributed by atoms with Gasteiger partial charge in [0.15, 0.2) is 0 Å². The lowest BCUT2D eigenvalue weighted by Crippen LogP contribution is -1.95. The summed E-state index contributed by atoms with van der Waals surface area (Å²) in [5, 5.41) is 0.451. The van der Waals surface area contributed by atoms with Gasteiger partial charge in [-0.25, -0.2) is 4.99 Å². The van der Waals surface area contributed by atoms with Crippen molar-refractivity contribution in [2.75, 3.05) is 5.75 Å². The highest BCUT2D eigenvalue weighted by Crippen LogP contribution is 2.06. The summed E-state index contributed by atoms with van der Waals surface area (Å²) in [6, 6.07) is 0. The fraction of sp³-hybridized carbons (Fsp3) is 0.200. The first-order valence-corrected chi connectivity index (χ1v) is 3.16. The van der Waals surface area contributed by atoms with Crippen molar-refractivity contribution in [1.82, 2.24) is 0 Å². The minimum absolute atomic E-state index is 0.451. The van der Waals surface area contributed by atoms with Crippen molar-refractivity contribution < 1.29 is 4.79 Å². The van der Waals surface area contributed by atoms with Gasteiger partial charge in [-0.15, -0.1) is 0 Å². The standard InChI is InChI=1S/C5H4NOS/c7-4-5-6-2-1-3-8-5/h1-2H,3H2. The van der Waals surface area contributed by atoms with Crippen LogP contribution in [0.3, 0.4) is 0 Å². The van der Waals surface area contributed by atoms with E-state index in [1.165, 1.54) is 11.8 Å². The van der Waals surface area contributed by atoms with Gasteiger partial charge in [0.2, 0.25) is 0 Å². The number of carbonyl (C=O) groups excluding carboxylic acids is 1. The van der Waals surface area contributed by atoms with Crippen LogP contribution in [0, 0.1) is 0 Å². The quantitative estimate of drug-likeness (QED) is 0.519. The number of aliphatic imine (C=N–C) groups is 1. The van der Waals surface area contributed by atoms with Crippen LogP contribution in [0.1, 0.15) is 0 Å². The first-order chi connectivity index (χ1) is 3.93. The lowest BCUT2D eigenvalue weighted by Gasteiger charge is -1.95. The third-order valence-electron chi connectivity index (χ3n) is 0.701. The van der Waals surface area contributed by atoms with Gasteiger partial charge >= 0.3 is 0 Å². The van der Waals surface area contributed by atoms with Gasteiger partial charge < -0.3 is 0 Å². The molecule has 0 unspecified atom stereocenters. The van der Waals surface area contributed by atoms with E-state index in [0.717, 1.165) is 5.75 Å². The average Bonchev–Trinajstić information content (AvgIpc) is 1.90. The van der Waals surface area contributed by atoms with Crippen LogP contribution in [0.4, 0.5) is 0 Å². The molecule has 0 atom stereocenters. The maximum absolute atomic E-state index is 9.85. The Bertz CT molecular complexity index is 151. The summed E-state index contributed by atoms with van der Waals surface area (Å²) in [5.41, 5.74) is 0. The zero-order chi connectivity index (χ0) is 5.82. The second-order valence-electron chi connectivity index (χ2n) is 1.23. The predicted octanol–water partition coefficient (Wildman–Crippen LogP) is 0.755. The van der Waals surface area contributed by atoms with Crippen molar-refractivity contribution in [1.29, 1.82) is 0 Å². The molecular formula is C5H4NOS. The molecule has 0 aromatic carbocycles. The van der Waals surface area contributed by atoms with Crippen molar-refractivity contribution in [2.24, 2.45) is 4.99 Å². The van der Waals surface area contributed by atoms with Gasteiger partial charge in [0.05, 0.1) is 0 Å². The number of nitrogens with zero attached hydrogens (tertiary/aromatic N) is 1. The van der Waals surface area contributed by atoms with Crippen molar-refractivity contribution in [3.63, 3.8) is 0 Å². The first-order valence-electron chi connectivity index (χ1n) is 2.17. The summed E-state index contributed by atoms with van der Waals surface area (Å²) in [6.07, 6.45) is 5.23. The van der Waals surface area contributed by atoms with Gasteiger partial charge in [0.1, 0.15) is 5.04 Å². The van der Waals surface area contributed by atoms with Crippen LogP contribution in [0.15, 0.2) is 17.3 Å². The highest BCUT2D eigenvalue weighted by Gasteiger charge is 1.98. The molecular weight excluding hydrogens is 122 g/mol. The lowest BCUT2D eigenvalue weighted by molar-refractivity contribution is 0.567. The highest BCUT2D eigenvalue weighted by molar-refractivity contribution is 8.15. The zero-order valence-corrected chi connectivity index (χ0v) is 4.94. The third kappa shape index (κ3) is 1.20. The van der Waals surface area contributed by atoms with E-state index in [4.69, 9.17) is 0 Å². The second-order valence-corrected chi connectivity index (χ2v) is 2.24. The molecule has 0 saturated carbocycles. The molecule has 41 valence electrons. The molecule has 1 heterocycles. The van der Waals surface area contributed by atoms with Crippen LogP contribution in [-0.2, 0) is 4.79 Å². The molecule has 0 bridgehead atoms. The topological polar surface area (TPSA) is 29.4 Å². The molecule has 1 radical (unpaired) electrons. The molecule has 1 aliphatic rings. The Morgan fingerprint density at radius 2 is 2.75 bits per heavy atom. The third-order valence-corrected chi connectivity index (χ3v) is 1.52.